The van der Waals surface area contributed by atoms with E-state index in [4.69, 9.17) is 4.52 Å². The molecule has 0 atom stereocenters. The van der Waals surface area contributed by atoms with Gasteiger partial charge in [0, 0.05) is 16.9 Å². The molecule has 2 amide bonds. The SMILES string of the molecule is Cc1ccsc1-c1nc(-c2cccc(NC(=O)Nc3ccccc3)c2)no1. The molecule has 2 N–H and O–H groups in total. The fourth-order valence-electron chi connectivity index (χ4n) is 2.58. The highest BCUT2D eigenvalue weighted by Crippen LogP contribution is 2.29. The maximum Gasteiger partial charge on any atom is 0.323 e. The van der Waals surface area contributed by atoms with Gasteiger partial charge in [0.1, 0.15) is 0 Å². The number of nitrogens with one attached hydrogen (secondary N) is 2. The number of rotatable bonds is 4. The maximum absolute atomic E-state index is 12.2. The summed E-state index contributed by atoms with van der Waals surface area (Å²) < 4.78 is 5.39. The van der Waals surface area contributed by atoms with E-state index < -0.39 is 0 Å². The Bertz CT molecular complexity index is 1070. The lowest BCUT2D eigenvalue weighted by Gasteiger charge is -2.08. The molecule has 6 nitrogen and oxygen atoms in total. The van der Waals surface area contributed by atoms with Crippen molar-refractivity contribution in [2.24, 2.45) is 0 Å². The largest absolute Gasteiger partial charge is 0.333 e. The van der Waals surface area contributed by atoms with Crippen LogP contribution in [0.15, 0.2) is 70.6 Å². The average molecular weight is 376 g/mol. The van der Waals surface area contributed by atoms with Crippen LogP contribution in [0.25, 0.3) is 22.2 Å². The molecule has 2 aromatic heterocycles. The van der Waals surface area contributed by atoms with Crippen LogP contribution in [0.2, 0.25) is 0 Å². The molecule has 0 spiro atoms. The summed E-state index contributed by atoms with van der Waals surface area (Å²) in [7, 11) is 0. The molecule has 2 aromatic carbocycles. The Balaban J connectivity index is 1.50. The maximum atomic E-state index is 12.2. The van der Waals surface area contributed by atoms with Crippen LogP contribution in [0, 0.1) is 6.92 Å². The van der Waals surface area contributed by atoms with Crippen molar-refractivity contribution in [3.05, 3.63) is 71.6 Å². The third kappa shape index (κ3) is 3.88. The minimum Gasteiger partial charge on any atom is -0.333 e. The Morgan fingerprint density at radius 2 is 1.78 bits per heavy atom. The van der Waals surface area contributed by atoms with Gasteiger partial charge in [0.15, 0.2) is 0 Å². The highest BCUT2D eigenvalue weighted by Gasteiger charge is 2.14. The predicted octanol–water partition coefficient (Wildman–Crippen LogP) is 5.42. The van der Waals surface area contributed by atoms with Crippen molar-refractivity contribution in [1.82, 2.24) is 10.1 Å². The van der Waals surface area contributed by atoms with Gasteiger partial charge >= 0.3 is 6.03 Å². The molecule has 0 fully saturated rings. The number of benzene rings is 2. The second-order valence-electron chi connectivity index (χ2n) is 5.88. The number of aryl methyl sites for hydroxylation is 1. The molecule has 4 aromatic rings. The first kappa shape index (κ1) is 17.0. The summed E-state index contributed by atoms with van der Waals surface area (Å²) in [4.78, 5) is 17.6. The topological polar surface area (TPSA) is 80.0 Å². The van der Waals surface area contributed by atoms with Crippen molar-refractivity contribution in [1.29, 1.82) is 0 Å². The van der Waals surface area contributed by atoms with Crippen molar-refractivity contribution in [3.8, 4) is 22.2 Å². The number of thiophene rings is 1. The Kier molecular flexibility index (Phi) is 4.67. The number of hydrogen-bond donors (Lipinski definition) is 2. The monoisotopic (exact) mass is 376 g/mol. The first-order chi connectivity index (χ1) is 13.2. The second-order valence-corrected chi connectivity index (χ2v) is 6.80. The number of anilines is 2. The summed E-state index contributed by atoms with van der Waals surface area (Å²) in [6.07, 6.45) is 0. The molecular weight excluding hydrogens is 360 g/mol. The van der Waals surface area contributed by atoms with Crippen molar-refractivity contribution in [2.45, 2.75) is 6.92 Å². The molecule has 0 saturated carbocycles. The smallest absolute Gasteiger partial charge is 0.323 e. The van der Waals surface area contributed by atoms with Gasteiger partial charge in [-0.05, 0) is 48.2 Å². The van der Waals surface area contributed by atoms with Crippen LogP contribution in [-0.2, 0) is 0 Å². The molecule has 0 unspecified atom stereocenters. The lowest BCUT2D eigenvalue weighted by molar-refractivity contribution is 0.262. The molecule has 0 aliphatic carbocycles. The Hall–Kier alpha value is -3.45. The zero-order chi connectivity index (χ0) is 18.6. The van der Waals surface area contributed by atoms with E-state index in [-0.39, 0.29) is 6.03 Å². The van der Waals surface area contributed by atoms with E-state index >= 15 is 0 Å². The van der Waals surface area contributed by atoms with Crippen LogP contribution in [0.1, 0.15) is 5.56 Å². The fourth-order valence-corrected chi connectivity index (χ4v) is 3.42. The van der Waals surface area contributed by atoms with Crippen LogP contribution >= 0.6 is 11.3 Å². The minimum atomic E-state index is -0.318. The van der Waals surface area contributed by atoms with Gasteiger partial charge in [0.25, 0.3) is 5.89 Å². The fraction of sp³-hybridized carbons (Fsp3) is 0.0500. The first-order valence-corrected chi connectivity index (χ1v) is 9.19. The number of para-hydroxylation sites is 1. The van der Waals surface area contributed by atoms with Crippen LogP contribution in [-0.4, -0.2) is 16.2 Å². The van der Waals surface area contributed by atoms with Crippen molar-refractivity contribution in [3.63, 3.8) is 0 Å². The van der Waals surface area contributed by atoms with Gasteiger partial charge in [-0.15, -0.1) is 11.3 Å². The van der Waals surface area contributed by atoms with Crippen LogP contribution < -0.4 is 10.6 Å². The summed E-state index contributed by atoms with van der Waals surface area (Å²) in [5.41, 5.74) is 3.22. The van der Waals surface area contributed by atoms with E-state index in [1.807, 2.05) is 60.8 Å². The van der Waals surface area contributed by atoms with Crippen molar-refractivity contribution >= 4 is 28.7 Å². The lowest BCUT2D eigenvalue weighted by Crippen LogP contribution is -2.19. The summed E-state index contributed by atoms with van der Waals surface area (Å²) in [5.74, 6) is 0.975. The Morgan fingerprint density at radius 1 is 1.00 bits per heavy atom. The summed E-state index contributed by atoms with van der Waals surface area (Å²) in [6.45, 7) is 2.01. The molecule has 0 aliphatic heterocycles. The third-order valence-corrected chi connectivity index (χ3v) is 4.90. The third-order valence-electron chi connectivity index (χ3n) is 3.89. The predicted molar refractivity (Wildman–Crippen MR) is 107 cm³/mol. The Labute approximate surface area is 159 Å². The molecule has 134 valence electrons. The summed E-state index contributed by atoms with van der Waals surface area (Å²) in [5, 5.41) is 11.6. The number of urea groups is 1. The highest BCUT2D eigenvalue weighted by atomic mass is 32.1. The number of amides is 2. The van der Waals surface area contributed by atoms with E-state index in [0.29, 0.717) is 17.4 Å². The minimum absolute atomic E-state index is 0.318. The van der Waals surface area contributed by atoms with Gasteiger partial charge in [-0.2, -0.15) is 4.98 Å². The average Bonchev–Trinajstić information content (AvgIpc) is 3.31. The molecule has 0 aliphatic rings. The number of nitrogens with zero attached hydrogens (tertiary/aromatic N) is 2. The van der Waals surface area contributed by atoms with E-state index in [1.54, 1.807) is 23.5 Å². The lowest BCUT2D eigenvalue weighted by atomic mass is 10.2. The standard InChI is InChI=1S/C20H16N4O2S/c1-13-10-11-27-17(13)19-23-18(24-26-19)14-6-5-9-16(12-14)22-20(25)21-15-7-3-2-4-8-15/h2-12H,1H3,(H2,21,22,25). The van der Waals surface area contributed by atoms with E-state index in [9.17, 15) is 4.79 Å². The highest BCUT2D eigenvalue weighted by molar-refractivity contribution is 7.13. The number of aromatic nitrogens is 2. The zero-order valence-corrected chi connectivity index (χ0v) is 15.3. The molecule has 7 heteroatoms. The molecule has 4 rings (SSSR count). The van der Waals surface area contributed by atoms with Crippen LogP contribution in [0.3, 0.4) is 0 Å². The van der Waals surface area contributed by atoms with Crippen LogP contribution in [0.5, 0.6) is 0 Å². The first-order valence-electron chi connectivity index (χ1n) is 8.31. The van der Waals surface area contributed by atoms with Crippen molar-refractivity contribution < 1.29 is 9.32 Å². The van der Waals surface area contributed by atoms with E-state index in [1.165, 1.54) is 0 Å². The molecule has 0 saturated heterocycles. The van der Waals surface area contributed by atoms with Gasteiger partial charge in [-0.3, -0.25) is 0 Å². The van der Waals surface area contributed by atoms with Gasteiger partial charge in [0.2, 0.25) is 5.82 Å². The summed E-state index contributed by atoms with van der Waals surface area (Å²) >= 11 is 1.56. The molecule has 0 bridgehead atoms. The normalized spacial score (nSPS) is 10.6. The quantitative estimate of drug-likeness (QED) is 0.498. The molecule has 27 heavy (non-hydrogen) atoms. The number of carbonyl (C=O) groups is 1. The van der Waals surface area contributed by atoms with Gasteiger partial charge in [-0.25, -0.2) is 4.79 Å². The van der Waals surface area contributed by atoms with E-state index in [0.717, 1.165) is 21.7 Å². The van der Waals surface area contributed by atoms with Gasteiger partial charge in [-0.1, -0.05) is 35.5 Å². The molecular formula is C20H16N4O2S. The second kappa shape index (κ2) is 7.43. The Morgan fingerprint density at radius 3 is 2.56 bits per heavy atom. The molecule has 2 heterocycles. The van der Waals surface area contributed by atoms with Crippen molar-refractivity contribution in [2.75, 3.05) is 10.6 Å². The van der Waals surface area contributed by atoms with Crippen LogP contribution in [0.4, 0.5) is 16.2 Å². The zero-order valence-electron chi connectivity index (χ0n) is 14.5. The van der Waals surface area contributed by atoms with Gasteiger partial charge < -0.3 is 15.2 Å². The number of carbonyl (C=O) groups excluding carboxylic acids is 1. The van der Waals surface area contributed by atoms with E-state index in [2.05, 4.69) is 20.8 Å². The molecule has 0 radical (unpaired) electrons. The van der Waals surface area contributed by atoms with Gasteiger partial charge in [0.05, 0.1) is 4.88 Å². The summed E-state index contributed by atoms with van der Waals surface area (Å²) in [6, 6.07) is 18.3. The number of hydrogen-bond acceptors (Lipinski definition) is 5.